The minimum Gasteiger partial charge on any atom is -0.356 e. The number of halogens is 1. The van der Waals surface area contributed by atoms with E-state index in [1.54, 1.807) is 0 Å². The van der Waals surface area contributed by atoms with Crippen molar-refractivity contribution in [3.8, 4) is 0 Å². The fourth-order valence-corrected chi connectivity index (χ4v) is 3.24. The van der Waals surface area contributed by atoms with Gasteiger partial charge in [0.2, 0.25) is 0 Å². The number of hydrogen-bond acceptors (Lipinski definition) is 2. The molecule has 1 aliphatic heterocycles. The van der Waals surface area contributed by atoms with Crippen LogP contribution in [0.1, 0.15) is 39.0 Å². The van der Waals surface area contributed by atoms with E-state index in [0.29, 0.717) is 6.04 Å². The lowest BCUT2D eigenvalue weighted by Crippen LogP contribution is -2.48. The highest BCUT2D eigenvalue weighted by Crippen LogP contribution is 2.31. The van der Waals surface area contributed by atoms with Gasteiger partial charge in [0.05, 0.1) is 0 Å². The van der Waals surface area contributed by atoms with Gasteiger partial charge in [-0.2, -0.15) is 0 Å². The van der Waals surface area contributed by atoms with Crippen LogP contribution in [0.15, 0.2) is 4.99 Å². The van der Waals surface area contributed by atoms with Gasteiger partial charge in [-0.25, -0.2) is 0 Å². The van der Waals surface area contributed by atoms with Crippen LogP contribution in [0, 0.1) is 11.8 Å². The molecule has 1 heterocycles. The largest absolute Gasteiger partial charge is 0.356 e. The molecular formula is C15H29IN4. The van der Waals surface area contributed by atoms with Crippen LogP contribution in [0.5, 0.6) is 0 Å². The Bertz CT molecular complexity index is 339. The summed E-state index contributed by atoms with van der Waals surface area (Å²) in [5, 5.41) is 7.13. The van der Waals surface area contributed by atoms with Gasteiger partial charge in [0, 0.05) is 38.8 Å². The summed E-state index contributed by atoms with van der Waals surface area (Å²) >= 11 is 0. The maximum absolute atomic E-state index is 4.38. The molecule has 0 aromatic carbocycles. The topological polar surface area (TPSA) is 39.7 Å². The Hall–Kier alpha value is -0.0400. The number of hydrogen-bond donors (Lipinski definition) is 2. The number of likely N-dealkylation sites (tertiary alicyclic amines) is 1. The van der Waals surface area contributed by atoms with Crippen molar-refractivity contribution >= 4 is 29.9 Å². The van der Waals surface area contributed by atoms with Crippen molar-refractivity contribution in [2.75, 3.05) is 26.7 Å². The molecule has 116 valence electrons. The fraction of sp³-hybridized carbons (Fsp3) is 0.933. The zero-order chi connectivity index (χ0) is 13.2. The van der Waals surface area contributed by atoms with E-state index in [0.717, 1.165) is 30.4 Å². The lowest BCUT2D eigenvalue weighted by Gasteiger charge is -2.27. The molecule has 3 aliphatic rings. The first-order chi connectivity index (χ1) is 9.26. The van der Waals surface area contributed by atoms with E-state index in [-0.39, 0.29) is 24.0 Å². The van der Waals surface area contributed by atoms with E-state index in [1.165, 1.54) is 45.2 Å². The Morgan fingerprint density at radius 1 is 1.20 bits per heavy atom. The number of nitrogens with zero attached hydrogens (tertiary/aromatic N) is 2. The molecule has 5 heteroatoms. The molecule has 20 heavy (non-hydrogen) atoms. The molecule has 0 radical (unpaired) electrons. The van der Waals surface area contributed by atoms with Crippen LogP contribution in [0.2, 0.25) is 0 Å². The third kappa shape index (κ3) is 4.00. The van der Waals surface area contributed by atoms with Crippen LogP contribution in [0.4, 0.5) is 0 Å². The van der Waals surface area contributed by atoms with Crippen molar-refractivity contribution in [3.63, 3.8) is 0 Å². The Balaban J connectivity index is 0.00000147. The van der Waals surface area contributed by atoms with Crippen molar-refractivity contribution in [1.29, 1.82) is 0 Å². The van der Waals surface area contributed by atoms with Crippen molar-refractivity contribution in [2.45, 2.75) is 51.1 Å². The number of aliphatic imine (C=N–C) groups is 1. The molecule has 2 saturated carbocycles. The normalized spacial score (nSPS) is 31.6. The molecule has 2 unspecified atom stereocenters. The van der Waals surface area contributed by atoms with E-state index in [1.807, 2.05) is 7.05 Å². The molecule has 2 atom stereocenters. The molecular weight excluding hydrogens is 363 g/mol. The van der Waals surface area contributed by atoms with Crippen molar-refractivity contribution in [3.05, 3.63) is 0 Å². The van der Waals surface area contributed by atoms with Crippen LogP contribution >= 0.6 is 24.0 Å². The third-order valence-corrected chi connectivity index (χ3v) is 5.03. The molecule has 2 aliphatic carbocycles. The highest BCUT2D eigenvalue weighted by molar-refractivity contribution is 14.0. The summed E-state index contributed by atoms with van der Waals surface area (Å²) in [5.41, 5.74) is 0. The maximum atomic E-state index is 4.38. The molecule has 0 amide bonds. The average molecular weight is 392 g/mol. The van der Waals surface area contributed by atoms with Crippen molar-refractivity contribution in [2.24, 2.45) is 16.8 Å². The molecule has 0 aromatic rings. The quantitative estimate of drug-likeness (QED) is 0.437. The average Bonchev–Trinajstić information content (AvgIpc) is 3.12. The first-order valence-electron chi connectivity index (χ1n) is 7.97. The molecule has 3 fully saturated rings. The third-order valence-electron chi connectivity index (χ3n) is 5.03. The Morgan fingerprint density at radius 3 is 2.50 bits per heavy atom. The van der Waals surface area contributed by atoms with Crippen LogP contribution in [0.25, 0.3) is 0 Å². The van der Waals surface area contributed by atoms with Gasteiger partial charge in [0.25, 0.3) is 0 Å². The van der Waals surface area contributed by atoms with Gasteiger partial charge >= 0.3 is 0 Å². The van der Waals surface area contributed by atoms with E-state index < -0.39 is 0 Å². The second-order valence-electron chi connectivity index (χ2n) is 6.66. The van der Waals surface area contributed by atoms with E-state index in [2.05, 4.69) is 27.4 Å². The Kier molecular flexibility index (Phi) is 5.95. The monoisotopic (exact) mass is 392 g/mol. The molecule has 0 spiro atoms. The summed E-state index contributed by atoms with van der Waals surface area (Å²) in [6, 6.07) is 1.45. The standard InChI is InChI=1S/C15H28N4.HI/c1-11-9-19(13-6-7-13)10-14(11)18-15(16-2)17-8-12-4-3-5-12;/h11-14H,3-10H2,1-2H3,(H2,16,17,18);1H. The van der Waals surface area contributed by atoms with Crippen molar-refractivity contribution in [1.82, 2.24) is 15.5 Å². The van der Waals surface area contributed by atoms with E-state index in [9.17, 15) is 0 Å². The predicted octanol–water partition coefficient (Wildman–Crippen LogP) is 2.05. The maximum Gasteiger partial charge on any atom is 0.191 e. The summed E-state index contributed by atoms with van der Waals surface area (Å²) in [6.45, 7) is 5.89. The van der Waals surface area contributed by atoms with Crippen LogP contribution < -0.4 is 10.6 Å². The van der Waals surface area contributed by atoms with Crippen LogP contribution in [-0.4, -0.2) is 49.6 Å². The summed E-state index contributed by atoms with van der Waals surface area (Å²) in [4.78, 5) is 7.03. The molecule has 0 aromatic heterocycles. The summed E-state index contributed by atoms with van der Waals surface area (Å²) in [6.07, 6.45) is 7.01. The SMILES string of the molecule is CN=C(NCC1CCC1)NC1CN(C2CC2)CC1C.I. The molecule has 2 N–H and O–H groups in total. The second-order valence-corrected chi connectivity index (χ2v) is 6.66. The first kappa shape index (κ1) is 16.3. The zero-order valence-electron chi connectivity index (χ0n) is 12.8. The van der Waals surface area contributed by atoms with Gasteiger partial charge in [-0.3, -0.25) is 9.89 Å². The van der Waals surface area contributed by atoms with Gasteiger partial charge in [-0.05, 0) is 37.5 Å². The highest BCUT2D eigenvalue weighted by Gasteiger charge is 2.38. The molecule has 0 bridgehead atoms. The minimum atomic E-state index is 0. The lowest BCUT2D eigenvalue weighted by atomic mass is 9.85. The van der Waals surface area contributed by atoms with E-state index >= 15 is 0 Å². The number of rotatable bonds is 4. The minimum absolute atomic E-state index is 0. The number of guanidine groups is 1. The van der Waals surface area contributed by atoms with Crippen LogP contribution in [-0.2, 0) is 0 Å². The summed E-state index contributed by atoms with van der Waals surface area (Å²) < 4.78 is 0. The Morgan fingerprint density at radius 2 is 1.95 bits per heavy atom. The fourth-order valence-electron chi connectivity index (χ4n) is 3.24. The predicted molar refractivity (Wildman–Crippen MR) is 94.8 cm³/mol. The van der Waals surface area contributed by atoms with Crippen LogP contribution in [0.3, 0.4) is 0 Å². The number of nitrogens with one attached hydrogen (secondary N) is 2. The summed E-state index contributed by atoms with van der Waals surface area (Å²) in [7, 11) is 1.88. The second kappa shape index (κ2) is 7.29. The van der Waals surface area contributed by atoms with Gasteiger partial charge in [0.15, 0.2) is 5.96 Å². The first-order valence-corrected chi connectivity index (χ1v) is 7.97. The molecule has 4 nitrogen and oxygen atoms in total. The zero-order valence-corrected chi connectivity index (χ0v) is 15.1. The van der Waals surface area contributed by atoms with Gasteiger partial charge in [-0.15, -0.1) is 24.0 Å². The van der Waals surface area contributed by atoms with E-state index in [4.69, 9.17) is 0 Å². The van der Waals surface area contributed by atoms with Gasteiger partial charge in [0.1, 0.15) is 0 Å². The Labute approximate surface area is 140 Å². The van der Waals surface area contributed by atoms with Gasteiger partial charge < -0.3 is 10.6 Å². The van der Waals surface area contributed by atoms with Gasteiger partial charge in [-0.1, -0.05) is 13.3 Å². The smallest absolute Gasteiger partial charge is 0.191 e. The lowest BCUT2D eigenvalue weighted by molar-refractivity contribution is 0.312. The highest BCUT2D eigenvalue weighted by atomic mass is 127. The molecule has 1 saturated heterocycles. The molecule has 3 rings (SSSR count). The van der Waals surface area contributed by atoms with Crippen molar-refractivity contribution < 1.29 is 0 Å². The summed E-state index contributed by atoms with van der Waals surface area (Å²) in [5.74, 6) is 2.60.